The van der Waals surface area contributed by atoms with Crippen LogP contribution >= 0.6 is 11.6 Å². The maximum atomic E-state index is 12.9. The maximum absolute atomic E-state index is 12.9. The van der Waals surface area contributed by atoms with Gasteiger partial charge in [-0.05, 0) is 55.9 Å². The second-order valence-corrected chi connectivity index (χ2v) is 10.3. The highest BCUT2D eigenvalue weighted by molar-refractivity contribution is 6.21. The molecule has 0 bridgehead atoms. The number of hydrogen-bond donors (Lipinski definition) is 1. The molecule has 1 aromatic carbocycles. The number of unbranched alkanes of at least 4 members (excludes halogenated alkanes) is 5. The summed E-state index contributed by atoms with van der Waals surface area (Å²) in [5, 5.41) is 3.21. The minimum atomic E-state index is -0.431. The predicted octanol–water partition coefficient (Wildman–Crippen LogP) is 7.31. The lowest BCUT2D eigenvalue weighted by Crippen LogP contribution is -2.30. The molecule has 0 saturated carbocycles. The summed E-state index contributed by atoms with van der Waals surface area (Å²) in [4.78, 5) is 15.4. The minimum absolute atomic E-state index is 0.0613. The van der Waals surface area contributed by atoms with Crippen molar-refractivity contribution in [3.8, 4) is 0 Å². The SMILES string of the molecule is CCCCCCCCN1CCc2c(C)c(C(C)Cl)c(C)c(NC(=O)C(C)(C)C)c21. The lowest BCUT2D eigenvalue weighted by atomic mass is 9.90. The first-order valence-corrected chi connectivity index (χ1v) is 11.9. The Morgan fingerprint density at radius 2 is 1.72 bits per heavy atom. The van der Waals surface area contributed by atoms with E-state index in [2.05, 4.69) is 31.0 Å². The van der Waals surface area contributed by atoms with E-state index in [1.807, 2.05) is 27.7 Å². The number of fused-ring (bicyclic) bond motifs is 1. The Balaban J connectivity index is 2.33. The molecule has 0 saturated heterocycles. The summed E-state index contributed by atoms with van der Waals surface area (Å²) in [6.45, 7) is 16.6. The lowest BCUT2D eigenvalue weighted by Gasteiger charge is -2.28. The van der Waals surface area contributed by atoms with E-state index < -0.39 is 5.41 Å². The number of rotatable bonds is 9. The van der Waals surface area contributed by atoms with Gasteiger partial charge in [0.15, 0.2) is 0 Å². The number of benzene rings is 1. The summed E-state index contributed by atoms with van der Waals surface area (Å²) in [5.74, 6) is 0.0613. The van der Waals surface area contributed by atoms with Crippen LogP contribution in [0, 0.1) is 19.3 Å². The Morgan fingerprint density at radius 1 is 1.10 bits per heavy atom. The van der Waals surface area contributed by atoms with E-state index in [4.69, 9.17) is 11.6 Å². The van der Waals surface area contributed by atoms with Crippen LogP contribution in [0.3, 0.4) is 0 Å². The first kappa shape index (κ1) is 24.1. The molecule has 0 aliphatic carbocycles. The van der Waals surface area contributed by atoms with E-state index in [1.165, 1.54) is 60.9 Å². The predicted molar refractivity (Wildman–Crippen MR) is 128 cm³/mol. The molecule has 1 atom stereocenters. The molecule has 1 aliphatic heterocycles. The third-order valence-electron chi connectivity index (χ3n) is 6.21. The number of anilines is 2. The van der Waals surface area contributed by atoms with E-state index in [1.54, 1.807) is 0 Å². The van der Waals surface area contributed by atoms with Crippen molar-refractivity contribution in [1.29, 1.82) is 0 Å². The van der Waals surface area contributed by atoms with Gasteiger partial charge in [-0.2, -0.15) is 0 Å². The zero-order valence-electron chi connectivity index (χ0n) is 19.7. The van der Waals surface area contributed by atoms with Gasteiger partial charge >= 0.3 is 0 Å². The van der Waals surface area contributed by atoms with Crippen LogP contribution in [0.25, 0.3) is 0 Å². The lowest BCUT2D eigenvalue weighted by molar-refractivity contribution is -0.123. The van der Waals surface area contributed by atoms with Gasteiger partial charge in [-0.3, -0.25) is 4.79 Å². The zero-order chi connectivity index (χ0) is 21.8. The van der Waals surface area contributed by atoms with E-state index in [-0.39, 0.29) is 11.3 Å². The Labute approximate surface area is 183 Å². The Hall–Kier alpha value is -1.22. The van der Waals surface area contributed by atoms with Crippen LogP contribution in [-0.4, -0.2) is 19.0 Å². The summed E-state index contributed by atoms with van der Waals surface area (Å²) in [5.41, 5.74) is 6.77. The van der Waals surface area contributed by atoms with E-state index in [0.29, 0.717) is 0 Å². The first-order valence-electron chi connectivity index (χ1n) is 11.5. The summed E-state index contributed by atoms with van der Waals surface area (Å²) >= 11 is 6.57. The summed E-state index contributed by atoms with van der Waals surface area (Å²) in [6.07, 6.45) is 8.82. The summed E-state index contributed by atoms with van der Waals surface area (Å²) < 4.78 is 0. The van der Waals surface area contributed by atoms with Crippen molar-refractivity contribution in [1.82, 2.24) is 0 Å². The van der Waals surface area contributed by atoms with Gasteiger partial charge in [-0.15, -0.1) is 11.6 Å². The van der Waals surface area contributed by atoms with Gasteiger partial charge in [0, 0.05) is 18.5 Å². The minimum Gasteiger partial charge on any atom is -0.369 e. The van der Waals surface area contributed by atoms with Crippen LogP contribution in [0.2, 0.25) is 0 Å². The monoisotopic (exact) mass is 420 g/mol. The molecular weight excluding hydrogens is 380 g/mol. The van der Waals surface area contributed by atoms with Crippen molar-refractivity contribution < 1.29 is 4.79 Å². The van der Waals surface area contributed by atoms with Gasteiger partial charge in [0.2, 0.25) is 5.91 Å². The van der Waals surface area contributed by atoms with Crippen LogP contribution in [0.1, 0.15) is 101 Å². The van der Waals surface area contributed by atoms with Crippen LogP contribution < -0.4 is 10.2 Å². The Bertz CT molecular complexity index is 719. The smallest absolute Gasteiger partial charge is 0.229 e. The number of nitrogens with one attached hydrogen (secondary N) is 1. The molecular formula is C25H41ClN2O. The topological polar surface area (TPSA) is 32.3 Å². The van der Waals surface area contributed by atoms with Crippen molar-refractivity contribution >= 4 is 28.9 Å². The van der Waals surface area contributed by atoms with Gasteiger partial charge in [-0.25, -0.2) is 0 Å². The molecule has 1 N–H and O–H groups in total. The molecule has 29 heavy (non-hydrogen) atoms. The largest absolute Gasteiger partial charge is 0.369 e. The van der Waals surface area contributed by atoms with Crippen molar-refractivity contribution in [3.05, 3.63) is 22.3 Å². The van der Waals surface area contributed by atoms with Crippen LogP contribution in [-0.2, 0) is 11.2 Å². The van der Waals surface area contributed by atoms with Gasteiger partial charge in [0.05, 0.1) is 16.8 Å². The molecule has 2 rings (SSSR count). The summed E-state index contributed by atoms with van der Waals surface area (Å²) in [7, 11) is 0. The van der Waals surface area contributed by atoms with E-state index in [0.717, 1.165) is 30.8 Å². The molecule has 1 amide bonds. The summed E-state index contributed by atoms with van der Waals surface area (Å²) in [6, 6.07) is 0. The fraction of sp³-hybridized carbons (Fsp3) is 0.720. The zero-order valence-corrected chi connectivity index (χ0v) is 20.4. The molecule has 0 spiro atoms. The highest BCUT2D eigenvalue weighted by Gasteiger charge is 2.31. The van der Waals surface area contributed by atoms with Crippen molar-refractivity contribution in [2.75, 3.05) is 23.3 Å². The van der Waals surface area contributed by atoms with Crippen molar-refractivity contribution in [2.45, 2.75) is 98.8 Å². The normalized spacial score (nSPS) is 14.8. The molecule has 1 aromatic rings. The number of carbonyl (C=O) groups excluding carboxylic acids is 1. The van der Waals surface area contributed by atoms with Gasteiger partial charge < -0.3 is 10.2 Å². The van der Waals surface area contributed by atoms with Crippen LogP contribution in [0.4, 0.5) is 11.4 Å². The Kier molecular flexibility index (Phi) is 8.46. The van der Waals surface area contributed by atoms with Crippen molar-refractivity contribution in [3.63, 3.8) is 0 Å². The highest BCUT2D eigenvalue weighted by Crippen LogP contribution is 2.45. The molecule has 0 aromatic heterocycles. The average molecular weight is 421 g/mol. The number of nitrogens with zero attached hydrogens (tertiary/aromatic N) is 1. The number of carbonyl (C=O) groups is 1. The number of alkyl halides is 1. The second-order valence-electron chi connectivity index (χ2n) is 9.69. The first-order chi connectivity index (χ1) is 13.6. The molecule has 4 heteroatoms. The fourth-order valence-electron chi connectivity index (χ4n) is 4.46. The van der Waals surface area contributed by atoms with Crippen LogP contribution in [0.15, 0.2) is 0 Å². The molecule has 1 aliphatic rings. The third kappa shape index (κ3) is 5.69. The van der Waals surface area contributed by atoms with Crippen molar-refractivity contribution in [2.24, 2.45) is 5.41 Å². The van der Waals surface area contributed by atoms with Gasteiger partial charge in [0.25, 0.3) is 0 Å². The van der Waals surface area contributed by atoms with Gasteiger partial charge in [0.1, 0.15) is 0 Å². The van der Waals surface area contributed by atoms with Crippen LogP contribution in [0.5, 0.6) is 0 Å². The van der Waals surface area contributed by atoms with E-state index >= 15 is 0 Å². The van der Waals surface area contributed by atoms with E-state index in [9.17, 15) is 4.79 Å². The number of hydrogen-bond acceptors (Lipinski definition) is 2. The molecule has 1 heterocycles. The standard InChI is InChI=1S/C25H41ClN2O/c1-8-9-10-11-12-13-15-28-16-14-20-17(2)21(19(4)26)18(3)22(23(20)28)27-24(29)25(5,6)7/h19H,8-16H2,1-7H3,(H,27,29). The Morgan fingerprint density at radius 3 is 2.31 bits per heavy atom. The molecule has 1 unspecified atom stereocenters. The molecule has 164 valence electrons. The highest BCUT2D eigenvalue weighted by atomic mass is 35.5. The maximum Gasteiger partial charge on any atom is 0.229 e. The quantitative estimate of drug-likeness (QED) is 0.335. The molecule has 0 radical (unpaired) electrons. The molecule has 0 fully saturated rings. The number of amides is 1. The third-order valence-corrected chi connectivity index (χ3v) is 6.42. The second kappa shape index (κ2) is 10.2. The van der Waals surface area contributed by atoms with Gasteiger partial charge in [-0.1, -0.05) is 59.8 Å². The average Bonchev–Trinajstić information content (AvgIpc) is 3.04. The fourth-order valence-corrected chi connectivity index (χ4v) is 4.78. The molecule has 3 nitrogen and oxygen atoms in total. The number of halogens is 1.